The number of carbonyl (C=O) groups is 3. The molecule has 9 heteroatoms. The second kappa shape index (κ2) is 10.4. The molecule has 30 heavy (non-hydrogen) atoms. The lowest BCUT2D eigenvalue weighted by molar-refractivity contribution is -0.141. The fourth-order valence-electron chi connectivity index (χ4n) is 3.93. The Hall–Kier alpha value is -2.65. The first kappa shape index (κ1) is 23.6. The molecule has 2 fully saturated rings. The maximum Gasteiger partial charge on any atom is 0.326 e. The molecule has 9 nitrogen and oxygen atoms in total. The van der Waals surface area contributed by atoms with Crippen LogP contribution in [0.2, 0.25) is 0 Å². The van der Waals surface area contributed by atoms with Crippen molar-refractivity contribution >= 4 is 17.9 Å². The van der Waals surface area contributed by atoms with E-state index in [9.17, 15) is 24.6 Å². The molecule has 1 aliphatic heterocycles. The predicted octanol–water partition coefficient (Wildman–Crippen LogP) is 1.40. The second-order valence-corrected chi connectivity index (χ2v) is 8.19. The van der Waals surface area contributed by atoms with E-state index < -0.39 is 29.6 Å². The molecule has 1 aromatic carbocycles. The van der Waals surface area contributed by atoms with Crippen LogP contribution in [0, 0.1) is 0 Å². The molecular weight excluding hydrogens is 390 g/mol. The number of nitrogens with one attached hydrogen (secondary N) is 2. The van der Waals surface area contributed by atoms with Gasteiger partial charge in [-0.05, 0) is 44.6 Å². The minimum absolute atomic E-state index is 0.114. The van der Waals surface area contributed by atoms with Gasteiger partial charge < -0.3 is 25.5 Å². The van der Waals surface area contributed by atoms with Gasteiger partial charge in [0.2, 0.25) is 5.91 Å². The summed E-state index contributed by atoms with van der Waals surface area (Å²) in [5, 5.41) is 32.8. The highest BCUT2D eigenvalue weighted by Gasteiger charge is 2.38. The highest BCUT2D eigenvalue weighted by Crippen LogP contribution is 2.40. The number of carboxylic acid groups (broad SMARTS) is 1. The van der Waals surface area contributed by atoms with E-state index in [2.05, 4.69) is 10.2 Å². The van der Waals surface area contributed by atoms with E-state index in [1.54, 1.807) is 12.1 Å². The Balaban J connectivity index is 0.000000248. The summed E-state index contributed by atoms with van der Waals surface area (Å²) < 4.78 is 0. The summed E-state index contributed by atoms with van der Waals surface area (Å²) in [6.45, 7) is 0.835. The van der Waals surface area contributed by atoms with Crippen molar-refractivity contribution in [3.05, 3.63) is 29.8 Å². The first-order valence-corrected chi connectivity index (χ1v) is 10.1. The number of hydrogen-bond donors (Lipinski definition) is 5. The summed E-state index contributed by atoms with van der Waals surface area (Å²) in [6.07, 6.45) is 5.00. The molecule has 166 valence electrons. The molecule has 1 saturated heterocycles. The molecule has 0 bridgehead atoms. The van der Waals surface area contributed by atoms with Crippen molar-refractivity contribution in [2.45, 2.75) is 56.1 Å². The lowest BCUT2D eigenvalue weighted by Crippen LogP contribution is -2.55. The number of aliphatic carboxylic acids is 1. The van der Waals surface area contributed by atoms with Crippen LogP contribution in [0.3, 0.4) is 0 Å². The van der Waals surface area contributed by atoms with Crippen molar-refractivity contribution in [2.75, 3.05) is 20.6 Å². The van der Waals surface area contributed by atoms with Crippen molar-refractivity contribution < 1.29 is 29.7 Å². The van der Waals surface area contributed by atoms with Crippen molar-refractivity contribution in [1.29, 1.82) is 0 Å². The van der Waals surface area contributed by atoms with Gasteiger partial charge in [0.25, 0.3) is 0 Å². The van der Waals surface area contributed by atoms with Crippen molar-refractivity contribution in [3.8, 4) is 5.75 Å². The van der Waals surface area contributed by atoms with Gasteiger partial charge in [0.05, 0.1) is 12.0 Å². The zero-order chi connectivity index (χ0) is 22.3. The number of phenols is 1. The van der Waals surface area contributed by atoms with Crippen LogP contribution in [0.5, 0.6) is 5.75 Å². The number of urea groups is 1. The average Bonchev–Trinajstić information content (AvgIpc) is 2.67. The number of nitrogens with zero attached hydrogens (tertiary/aromatic N) is 1. The Morgan fingerprint density at radius 3 is 2.27 bits per heavy atom. The standard InChI is InChI=1S/C16H25NO2.C5H6N2O4/c1-17(2)12-15(13-6-8-14(18)9-7-13)16(19)10-4-3-5-11-16;8-3-1-2(4(9)10)6-5(11)7-3/h6-9,15,18-19H,3-5,10-12H2,1-2H3;2H,1H2,(H,9,10)(H2,6,7,8,11). The Morgan fingerprint density at radius 2 is 1.77 bits per heavy atom. The number of aliphatic hydroxyl groups is 1. The fraction of sp³-hybridized carbons (Fsp3) is 0.571. The van der Waals surface area contributed by atoms with Gasteiger partial charge in [-0.1, -0.05) is 31.4 Å². The summed E-state index contributed by atoms with van der Waals surface area (Å²) in [7, 11) is 4.08. The second-order valence-electron chi connectivity index (χ2n) is 8.19. The summed E-state index contributed by atoms with van der Waals surface area (Å²) in [6, 6.07) is 5.46. The molecule has 1 aliphatic carbocycles. The van der Waals surface area contributed by atoms with Crippen molar-refractivity contribution in [1.82, 2.24) is 15.5 Å². The zero-order valence-electron chi connectivity index (χ0n) is 17.4. The average molecular weight is 421 g/mol. The fourth-order valence-corrected chi connectivity index (χ4v) is 3.93. The topological polar surface area (TPSA) is 139 Å². The molecule has 5 N–H and O–H groups in total. The van der Waals surface area contributed by atoms with Crippen LogP contribution < -0.4 is 10.6 Å². The van der Waals surface area contributed by atoms with Crippen LogP contribution in [-0.2, 0) is 9.59 Å². The SMILES string of the molecule is CN(C)CC(c1ccc(O)cc1)C1(O)CCCCC1.O=C1CC(C(=O)O)NC(=O)N1. The van der Waals surface area contributed by atoms with E-state index in [-0.39, 0.29) is 18.1 Å². The highest BCUT2D eigenvalue weighted by atomic mass is 16.4. The number of carboxylic acids is 1. The van der Waals surface area contributed by atoms with Crippen LogP contribution in [0.1, 0.15) is 50.0 Å². The molecular formula is C21H31N3O6. The van der Waals surface area contributed by atoms with Gasteiger partial charge in [-0.3, -0.25) is 10.1 Å². The van der Waals surface area contributed by atoms with Crippen LogP contribution in [-0.4, -0.2) is 70.4 Å². The number of rotatable bonds is 5. The van der Waals surface area contributed by atoms with Gasteiger partial charge in [0, 0.05) is 12.5 Å². The van der Waals surface area contributed by atoms with E-state index in [0.717, 1.165) is 37.8 Å². The van der Waals surface area contributed by atoms with Crippen LogP contribution >= 0.6 is 0 Å². The minimum Gasteiger partial charge on any atom is -0.508 e. The highest BCUT2D eigenvalue weighted by molar-refractivity contribution is 6.01. The van der Waals surface area contributed by atoms with Gasteiger partial charge in [-0.2, -0.15) is 0 Å². The number of benzene rings is 1. The van der Waals surface area contributed by atoms with E-state index in [1.807, 2.05) is 31.5 Å². The number of hydrogen-bond acceptors (Lipinski definition) is 6. The molecule has 1 saturated carbocycles. The van der Waals surface area contributed by atoms with Gasteiger partial charge in [-0.15, -0.1) is 0 Å². The molecule has 3 amide bonds. The number of phenolic OH excluding ortho intramolecular Hbond substituents is 1. The van der Waals surface area contributed by atoms with E-state index in [4.69, 9.17) is 5.11 Å². The molecule has 2 unspecified atom stereocenters. The van der Waals surface area contributed by atoms with E-state index in [0.29, 0.717) is 0 Å². The largest absolute Gasteiger partial charge is 0.508 e. The first-order chi connectivity index (χ1) is 14.1. The van der Waals surface area contributed by atoms with Crippen LogP contribution in [0.15, 0.2) is 24.3 Å². The third kappa shape index (κ3) is 6.70. The third-order valence-corrected chi connectivity index (χ3v) is 5.46. The third-order valence-electron chi connectivity index (χ3n) is 5.46. The summed E-state index contributed by atoms with van der Waals surface area (Å²) >= 11 is 0. The Kier molecular flexibility index (Phi) is 8.19. The summed E-state index contributed by atoms with van der Waals surface area (Å²) in [5.74, 6) is -1.37. The maximum atomic E-state index is 11.0. The van der Waals surface area contributed by atoms with Gasteiger partial charge >= 0.3 is 12.0 Å². The molecule has 3 rings (SSSR count). The summed E-state index contributed by atoms with van der Waals surface area (Å²) in [4.78, 5) is 33.4. The number of amides is 3. The number of imide groups is 1. The van der Waals surface area contributed by atoms with Gasteiger partial charge in [-0.25, -0.2) is 9.59 Å². The Morgan fingerprint density at radius 1 is 1.17 bits per heavy atom. The lowest BCUT2D eigenvalue weighted by Gasteiger charge is -2.40. The molecule has 1 aromatic rings. The molecule has 0 radical (unpaired) electrons. The molecule has 0 aromatic heterocycles. The quantitative estimate of drug-likeness (QED) is 0.484. The lowest BCUT2D eigenvalue weighted by atomic mass is 9.72. The van der Waals surface area contributed by atoms with Gasteiger partial charge in [0.15, 0.2) is 0 Å². The van der Waals surface area contributed by atoms with Crippen LogP contribution in [0.4, 0.5) is 4.79 Å². The van der Waals surface area contributed by atoms with E-state index in [1.165, 1.54) is 6.42 Å². The Labute approximate surface area is 176 Å². The normalized spacial score (nSPS) is 21.7. The molecule has 0 spiro atoms. The smallest absolute Gasteiger partial charge is 0.326 e. The first-order valence-electron chi connectivity index (χ1n) is 10.1. The molecule has 2 atom stereocenters. The number of aromatic hydroxyl groups is 1. The van der Waals surface area contributed by atoms with Gasteiger partial charge in [0.1, 0.15) is 11.8 Å². The van der Waals surface area contributed by atoms with Crippen LogP contribution in [0.25, 0.3) is 0 Å². The van der Waals surface area contributed by atoms with Crippen molar-refractivity contribution in [2.24, 2.45) is 0 Å². The predicted molar refractivity (Wildman–Crippen MR) is 110 cm³/mol. The monoisotopic (exact) mass is 421 g/mol. The number of likely N-dealkylation sites (N-methyl/N-ethyl adjacent to an activating group) is 1. The summed E-state index contributed by atoms with van der Waals surface area (Å²) in [5.41, 5.74) is 0.523. The minimum atomic E-state index is -1.20. The number of carbonyl (C=O) groups excluding carboxylic acids is 2. The molecule has 2 aliphatic rings. The molecule has 1 heterocycles. The van der Waals surface area contributed by atoms with E-state index >= 15 is 0 Å². The zero-order valence-corrected chi connectivity index (χ0v) is 17.4. The maximum absolute atomic E-state index is 11.0. The van der Waals surface area contributed by atoms with Crippen molar-refractivity contribution in [3.63, 3.8) is 0 Å². The Bertz CT molecular complexity index is 728.